The van der Waals surface area contributed by atoms with Gasteiger partial charge in [-0.25, -0.2) is 13.4 Å². The lowest BCUT2D eigenvalue weighted by molar-refractivity contribution is -0.142. The minimum atomic E-state index is -3.66. The number of fused-ring (bicyclic) bond motifs is 1. The predicted molar refractivity (Wildman–Crippen MR) is 145 cm³/mol. The van der Waals surface area contributed by atoms with E-state index in [9.17, 15) is 13.2 Å². The molecule has 2 aromatic heterocycles. The molecule has 0 aliphatic rings. The van der Waals surface area contributed by atoms with E-state index < -0.39 is 14.8 Å². The van der Waals surface area contributed by atoms with Gasteiger partial charge in [-0.05, 0) is 57.5 Å². The smallest absolute Gasteiger partial charge is 0.310 e. The Balaban J connectivity index is 1.58. The van der Waals surface area contributed by atoms with E-state index in [1.807, 2.05) is 47.8 Å². The quantitative estimate of drug-likeness (QED) is 0.195. The van der Waals surface area contributed by atoms with Crippen molar-refractivity contribution in [1.29, 1.82) is 0 Å². The van der Waals surface area contributed by atoms with Crippen molar-refractivity contribution in [2.75, 3.05) is 6.61 Å². The number of benzene rings is 2. The number of aromatic nitrogens is 1. The van der Waals surface area contributed by atoms with E-state index in [2.05, 4.69) is 9.38 Å². The number of carbonyl (C=O) groups excluding carboxylic acids is 1. The molecule has 0 aliphatic heterocycles. The third-order valence-electron chi connectivity index (χ3n) is 5.49. The molecule has 10 heteroatoms. The minimum Gasteiger partial charge on any atom is -0.489 e. The zero-order chi connectivity index (χ0) is 26.6. The number of hydrogen-bond acceptors (Lipinski definition) is 8. The van der Waals surface area contributed by atoms with E-state index in [1.54, 1.807) is 34.0 Å². The van der Waals surface area contributed by atoms with Crippen LogP contribution in [0.5, 0.6) is 5.75 Å². The van der Waals surface area contributed by atoms with Crippen LogP contribution >= 0.6 is 11.3 Å². The maximum atomic E-state index is 12.3. The molecule has 0 unspecified atom stereocenters. The number of ether oxygens (including phenoxy) is 2. The molecule has 0 spiro atoms. The molecule has 194 valence electrons. The number of nitrogens with zero attached hydrogens (tertiary/aromatic N) is 2. The van der Waals surface area contributed by atoms with Gasteiger partial charge < -0.3 is 13.9 Å². The summed E-state index contributed by atoms with van der Waals surface area (Å²) in [5.41, 5.74) is 3.70. The van der Waals surface area contributed by atoms with Gasteiger partial charge in [0.1, 0.15) is 22.9 Å². The molecule has 0 saturated carbocycles. The Morgan fingerprint density at radius 1 is 1.19 bits per heavy atom. The molecule has 4 rings (SSSR count). The molecule has 0 fully saturated rings. The summed E-state index contributed by atoms with van der Waals surface area (Å²) in [5.74, 6) is 0.301. The van der Waals surface area contributed by atoms with Gasteiger partial charge in [0, 0.05) is 21.9 Å². The number of rotatable bonds is 9. The fourth-order valence-corrected chi connectivity index (χ4v) is 4.78. The number of carbonyl (C=O) groups is 1. The first-order valence-corrected chi connectivity index (χ1v) is 14.0. The molecule has 0 aliphatic carbocycles. The Labute approximate surface area is 220 Å². The third kappa shape index (κ3) is 6.26. The summed E-state index contributed by atoms with van der Waals surface area (Å²) in [5, 5.41) is 3.19. The van der Waals surface area contributed by atoms with Crippen LogP contribution in [0, 0.1) is 0 Å². The molecular weight excluding hydrogens is 512 g/mol. The van der Waals surface area contributed by atoms with Crippen LogP contribution in [0.3, 0.4) is 0 Å². The normalized spacial score (nSPS) is 12.3. The topological polar surface area (TPSA) is 108 Å². The number of esters is 1. The molecule has 2 aromatic carbocycles. The molecule has 37 heavy (non-hydrogen) atoms. The zero-order valence-corrected chi connectivity index (χ0v) is 22.7. The third-order valence-corrected chi connectivity index (χ3v) is 8.20. The zero-order valence-electron chi connectivity index (χ0n) is 21.1. The van der Waals surface area contributed by atoms with Crippen molar-refractivity contribution in [2.24, 2.45) is 4.40 Å². The highest BCUT2D eigenvalue weighted by atomic mass is 32.2. The number of hydrogen-bond donors (Lipinski definition) is 0. The molecule has 0 amide bonds. The SMILES string of the molecule is CCOC(=O)Cc1ccccc1OCc1cc(-c2csc(C=NS(=O)(=O)C(C)(C)C)n2)c2occc2c1. The summed E-state index contributed by atoms with van der Waals surface area (Å²) in [6.45, 7) is 7.16. The lowest BCUT2D eigenvalue weighted by Crippen LogP contribution is -2.25. The Hall–Kier alpha value is -3.50. The summed E-state index contributed by atoms with van der Waals surface area (Å²) in [4.78, 5) is 16.5. The van der Waals surface area contributed by atoms with Crippen LogP contribution in [0.25, 0.3) is 22.2 Å². The summed E-state index contributed by atoms with van der Waals surface area (Å²) in [7, 11) is -3.66. The fourth-order valence-electron chi connectivity index (χ4n) is 3.48. The highest BCUT2D eigenvalue weighted by molar-refractivity contribution is 7.91. The summed E-state index contributed by atoms with van der Waals surface area (Å²) >= 11 is 1.29. The largest absolute Gasteiger partial charge is 0.489 e. The highest BCUT2D eigenvalue weighted by Crippen LogP contribution is 2.32. The van der Waals surface area contributed by atoms with Gasteiger partial charge in [-0.3, -0.25) is 4.79 Å². The van der Waals surface area contributed by atoms with E-state index in [-0.39, 0.29) is 19.0 Å². The van der Waals surface area contributed by atoms with Crippen LogP contribution < -0.4 is 4.74 Å². The van der Waals surface area contributed by atoms with E-state index in [0.29, 0.717) is 28.6 Å². The van der Waals surface area contributed by atoms with Gasteiger partial charge in [-0.15, -0.1) is 11.3 Å². The second-order valence-electron chi connectivity index (χ2n) is 9.25. The van der Waals surface area contributed by atoms with E-state index >= 15 is 0 Å². The molecule has 8 nitrogen and oxygen atoms in total. The molecule has 0 bridgehead atoms. The van der Waals surface area contributed by atoms with Crippen LogP contribution in [-0.4, -0.2) is 36.9 Å². The molecule has 0 saturated heterocycles. The number of sulfonamides is 1. The average molecular weight is 541 g/mol. The lowest BCUT2D eigenvalue weighted by Gasteiger charge is -2.14. The fraction of sp³-hybridized carbons (Fsp3) is 0.296. The standard InChI is InChI=1S/C27H28N2O6S2/c1-5-33-25(30)14-19-8-6-7-9-23(19)35-16-18-12-20-10-11-34-26(20)21(13-18)22-17-36-24(29-22)15-28-37(31,32)27(2,3)4/h6-13,15,17H,5,14,16H2,1-4H3. The first-order valence-electron chi connectivity index (χ1n) is 11.7. The second-order valence-corrected chi connectivity index (χ2v) is 12.5. The Morgan fingerprint density at radius 3 is 2.73 bits per heavy atom. The Morgan fingerprint density at radius 2 is 1.97 bits per heavy atom. The van der Waals surface area contributed by atoms with Crippen LogP contribution in [0.2, 0.25) is 0 Å². The molecule has 0 radical (unpaired) electrons. The first kappa shape index (κ1) is 26.6. The van der Waals surface area contributed by atoms with Gasteiger partial charge in [0.15, 0.2) is 0 Å². The maximum Gasteiger partial charge on any atom is 0.310 e. The maximum absolute atomic E-state index is 12.3. The summed E-state index contributed by atoms with van der Waals surface area (Å²) < 4.78 is 44.3. The van der Waals surface area contributed by atoms with Crippen molar-refractivity contribution >= 4 is 44.5 Å². The molecule has 4 aromatic rings. The second kappa shape index (κ2) is 10.9. The van der Waals surface area contributed by atoms with Crippen LogP contribution in [0.15, 0.2) is 62.9 Å². The van der Waals surface area contributed by atoms with Gasteiger partial charge in [-0.1, -0.05) is 18.2 Å². The Bertz CT molecular complexity index is 1540. The monoisotopic (exact) mass is 540 g/mol. The molecule has 0 N–H and O–H groups in total. The number of thiazole rings is 1. The molecular formula is C27H28N2O6S2. The molecule has 2 heterocycles. The van der Waals surface area contributed by atoms with Gasteiger partial charge in [0.05, 0.1) is 35.9 Å². The van der Waals surface area contributed by atoms with Crippen LogP contribution in [-0.2, 0) is 32.6 Å². The first-order chi connectivity index (χ1) is 17.6. The Kier molecular flexibility index (Phi) is 7.79. The number of furan rings is 1. The van der Waals surface area contributed by atoms with Crippen molar-refractivity contribution in [1.82, 2.24) is 4.98 Å². The van der Waals surface area contributed by atoms with Crippen molar-refractivity contribution in [3.63, 3.8) is 0 Å². The van der Waals surface area contributed by atoms with Gasteiger partial charge in [0.25, 0.3) is 10.0 Å². The minimum absolute atomic E-state index is 0.129. The van der Waals surface area contributed by atoms with Crippen LogP contribution in [0.1, 0.15) is 43.8 Å². The van der Waals surface area contributed by atoms with E-state index in [1.165, 1.54) is 17.6 Å². The number of para-hydroxylation sites is 1. The summed E-state index contributed by atoms with van der Waals surface area (Å²) in [6.07, 6.45) is 3.02. The van der Waals surface area contributed by atoms with E-state index in [0.717, 1.165) is 22.1 Å². The van der Waals surface area contributed by atoms with Gasteiger partial charge >= 0.3 is 5.97 Å². The van der Waals surface area contributed by atoms with Gasteiger partial charge in [-0.2, -0.15) is 4.40 Å². The van der Waals surface area contributed by atoms with Crippen molar-refractivity contribution in [3.05, 3.63) is 70.2 Å². The predicted octanol–water partition coefficient (Wildman–Crippen LogP) is 5.79. The average Bonchev–Trinajstić information content (AvgIpc) is 3.51. The van der Waals surface area contributed by atoms with Gasteiger partial charge in [0.2, 0.25) is 0 Å². The lowest BCUT2D eigenvalue weighted by atomic mass is 10.1. The van der Waals surface area contributed by atoms with Crippen molar-refractivity contribution < 1.29 is 27.1 Å². The summed E-state index contributed by atoms with van der Waals surface area (Å²) in [6, 6.07) is 13.1. The van der Waals surface area contributed by atoms with Crippen LogP contribution in [0.4, 0.5) is 0 Å². The highest BCUT2D eigenvalue weighted by Gasteiger charge is 2.28. The van der Waals surface area contributed by atoms with Crippen molar-refractivity contribution in [3.8, 4) is 17.0 Å². The molecule has 0 atom stereocenters. The van der Waals surface area contributed by atoms with Crippen molar-refractivity contribution in [2.45, 2.75) is 45.5 Å². The van der Waals surface area contributed by atoms with E-state index in [4.69, 9.17) is 13.9 Å².